The number of hydrogen-bond acceptors (Lipinski definition) is 3. The molecule has 4 nitrogen and oxygen atoms in total. The summed E-state index contributed by atoms with van der Waals surface area (Å²) >= 11 is 0. The first kappa shape index (κ1) is 14.0. The third-order valence-electron chi connectivity index (χ3n) is 2.69. The van der Waals surface area contributed by atoms with E-state index in [1.165, 1.54) is 0 Å². The van der Waals surface area contributed by atoms with Crippen LogP contribution in [0.2, 0.25) is 0 Å². The highest BCUT2D eigenvalue weighted by molar-refractivity contribution is 6.20. The molecule has 0 spiro atoms. The van der Waals surface area contributed by atoms with Crippen LogP contribution in [0.25, 0.3) is 5.57 Å². The minimum Gasteiger partial charge on any atom is -0.433 e. The van der Waals surface area contributed by atoms with E-state index in [1.807, 2.05) is 32.0 Å². The second-order valence-corrected chi connectivity index (χ2v) is 4.04. The summed E-state index contributed by atoms with van der Waals surface area (Å²) in [4.78, 5) is 22.4. The van der Waals surface area contributed by atoms with Gasteiger partial charge in [-0.05, 0) is 31.9 Å². The van der Waals surface area contributed by atoms with E-state index < -0.39 is 0 Å². The Labute approximate surface area is 107 Å². The molecule has 96 valence electrons. The molecule has 1 amide bonds. The van der Waals surface area contributed by atoms with Gasteiger partial charge in [-0.3, -0.25) is 9.59 Å². The molecule has 1 aromatic carbocycles. The van der Waals surface area contributed by atoms with Gasteiger partial charge in [0.1, 0.15) is 5.76 Å². The monoisotopic (exact) mass is 247 g/mol. The first-order chi connectivity index (χ1) is 8.51. The van der Waals surface area contributed by atoms with E-state index in [0.717, 1.165) is 16.7 Å². The van der Waals surface area contributed by atoms with Gasteiger partial charge in [-0.2, -0.15) is 0 Å². The number of allylic oxidation sites excluding steroid dienone is 1. The molecular weight excluding hydrogens is 230 g/mol. The Kier molecular flexibility index (Phi) is 4.66. The molecule has 1 N–H and O–H groups in total. The number of ether oxygens (including phenoxy) is 1. The Hall–Kier alpha value is -2.10. The van der Waals surface area contributed by atoms with Crippen molar-refractivity contribution in [3.63, 3.8) is 0 Å². The number of hydrogen-bond donors (Lipinski definition) is 1. The predicted octanol–water partition coefficient (Wildman–Crippen LogP) is 1.95. The lowest BCUT2D eigenvalue weighted by Crippen LogP contribution is -2.21. The van der Waals surface area contributed by atoms with Crippen LogP contribution in [-0.2, 0) is 14.3 Å². The maximum absolute atomic E-state index is 11.9. The Balaban J connectivity index is 3.44. The zero-order valence-corrected chi connectivity index (χ0v) is 11.0. The molecule has 0 aliphatic carbocycles. The Bertz CT molecular complexity index is 504. The first-order valence-electron chi connectivity index (χ1n) is 5.62. The van der Waals surface area contributed by atoms with Crippen molar-refractivity contribution >= 4 is 18.0 Å². The van der Waals surface area contributed by atoms with E-state index in [1.54, 1.807) is 14.0 Å². The summed E-state index contributed by atoms with van der Waals surface area (Å²) in [5.74, 6) is 0.0149. The quantitative estimate of drug-likeness (QED) is 0.502. The average Bonchev–Trinajstić information content (AvgIpc) is 2.34. The van der Waals surface area contributed by atoms with Crippen LogP contribution in [0.5, 0.6) is 0 Å². The lowest BCUT2D eigenvalue weighted by atomic mass is 9.97. The zero-order chi connectivity index (χ0) is 13.7. The summed E-state index contributed by atoms with van der Waals surface area (Å²) in [7, 11) is 1.54. The Morgan fingerprint density at radius 3 is 2.56 bits per heavy atom. The van der Waals surface area contributed by atoms with E-state index in [-0.39, 0.29) is 11.7 Å². The number of likely N-dealkylation sites (N-methyl/N-ethyl adjacent to an activating group) is 1. The predicted molar refractivity (Wildman–Crippen MR) is 69.7 cm³/mol. The smallest absolute Gasteiger partial charge is 0.298 e. The molecule has 0 aromatic heterocycles. The molecule has 0 saturated heterocycles. The van der Waals surface area contributed by atoms with E-state index in [9.17, 15) is 9.59 Å². The van der Waals surface area contributed by atoms with Crippen molar-refractivity contribution in [1.29, 1.82) is 0 Å². The summed E-state index contributed by atoms with van der Waals surface area (Å²) in [6, 6.07) is 5.80. The van der Waals surface area contributed by atoms with Gasteiger partial charge < -0.3 is 10.1 Å². The molecular formula is C14H17NO3. The fraction of sp³-hybridized carbons (Fsp3) is 0.286. The van der Waals surface area contributed by atoms with Gasteiger partial charge in [0.15, 0.2) is 0 Å². The highest BCUT2D eigenvalue weighted by Gasteiger charge is 2.17. The molecule has 0 bridgehead atoms. The number of aryl methyl sites for hydroxylation is 2. The second-order valence-electron chi connectivity index (χ2n) is 4.04. The maximum Gasteiger partial charge on any atom is 0.298 e. The molecule has 18 heavy (non-hydrogen) atoms. The van der Waals surface area contributed by atoms with Gasteiger partial charge in [0.25, 0.3) is 12.4 Å². The lowest BCUT2D eigenvalue weighted by Gasteiger charge is -2.13. The normalized spacial score (nSPS) is 11.6. The van der Waals surface area contributed by atoms with E-state index in [4.69, 9.17) is 4.74 Å². The summed E-state index contributed by atoms with van der Waals surface area (Å²) in [5, 5.41) is 2.56. The van der Waals surface area contributed by atoms with Crippen LogP contribution in [0.1, 0.15) is 23.6 Å². The molecule has 0 atom stereocenters. The summed E-state index contributed by atoms with van der Waals surface area (Å²) in [6.45, 7) is 5.77. The summed E-state index contributed by atoms with van der Waals surface area (Å²) in [5.41, 5.74) is 3.14. The van der Waals surface area contributed by atoms with Crippen LogP contribution in [0.3, 0.4) is 0 Å². The second kappa shape index (κ2) is 6.00. The SMILES string of the molecule is CNC(=O)/C(=C(\C)OC=O)c1cc(C)ccc1C. The number of amides is 1. The van der Waals surface area contributed by atoms with Gasteiger partial charge in [-0.25, -0.2) is 0 Å². The number of benzene rings is 1. The molecule has 0 radical (unpaired) electrons. The molecule has 0 aliphatic heterocycles. The molecule has 0 unspecified atom stereocenters. The number of nitrogens with one attached hydrogen (secondary N) is 1. The molecule has 0 fully saturated rings. The lowest BCUT2D eigenvalue weighted by molar-refractivity contribution is -0.124. The van der Waals surface area contributed by atoms with Crippen LogP contribution in [-0.4, -0.2) is 19.4 Å². The van der Waals surface area contributed by atoms with Gasteiger partial charge in [0, 0.05) is 7.05 Å². The van der Waals surface area contributed by atoms with Crippen molar-refractivity contribution in [3.05, 3.63) is 40.6 Å². The number of rotatable bonds is 4. The zero-order valence-electron chi connectivity index (χ0n) is 11.0. The Morgan fingerprint density at radius 2 is 2.00 bits per heavy atom. The summed E-state index contributed by atoms with van der Waals surface area (Å²) in [6.07, 6.45) is 0. The molecule has 4 heteroatoms. The van der Waals surface area contributed by atoms with Crippen LogP contribution >= 0.6 is 0 Å². The molecule has 1 aromatic rings. The van der Waals surface area contributed by atoms with Crippen LogP contribution in [0.15, 0.2) is 24.0 Å². The van der Waals surface area contributed by atoms with Crippen molar-refractivity contribution in [1.82, 2.24) is 5.32 Å². The van der Waals surface area contributed by atoms with Crippen molar-refractivity contribution in [3.8, 4) is 0 Å². The molecule has 0 heterocycles. The van der Waals surface area contributed by atoms with Gasteiger partial charge in [0.2, 0.25) is 0 Å². The first-order valence-corrected chi connectivity index (χ1v) is 5.62. The van der Waals surface area contributed by atoms with Gasteiger partial charge in [0.05, 0.1) is 5.57 Å². The number of carbonyl (C=O) groups is 2. The van der Waals surface area contributed by atoms with Gasteiger partial charge in [-0.15, -0.1) is 0 Å². The highest BCUT2D eigenvalue weighted by atomic mass is 16.5. The van der Waals surface area contributed by atoms with Crippen LogP contribution in [0, 0.1) is 13.8 Å². The molecule has 0 saturated carbocycles. The van der Waals surface area contributed by atoms with Crippen LogP contribution in [0.4, 0.5) is 0 Å². The van der Waals surface area contributed by atoms with Crippen molar-refractivity contribution < 1.29 is 14.3 Å². The van der Waals surface area contributed by atoms with Crippen molar-refractivity contribution in [2.24, 2.45) is 0 Å². The van der Waals surface area contributed by atoms with E-state index in [0.29, 0.717) is 12.0 Å². The summed E-state index contributed by atoms with van der Waals surface area (Å²) < 4.78 is 4.81. The average molecular weight is 247 g/mol. The van der Waals surface area contributed by atoms with Gasteiger partial charge >= 0.3 is 0 Å². The largest absolute Gasteiger partial charge is 0.433 e. The fourth-order valence-electron chi connectivity index (χ4n) is 1.73. The third-order valence-corrected chi connectivity index (χ3v) is 2.69. The molecule has 1 rings (SSSR count). The minimum absolute atomic E-state index is 0.275. The highest BCUT2D eigenvalue weighted by Crippen LogP contribution is 2.24. The number of carbonyl (C=O) groups excluding carboxylic acids is 2. The maximum atomic E-state index is 11.9. The molecule has 0 aliphatic rings. The van der Waals surface area contributed by atoms with Crippen molar-refractivity contribution in [2.75, 3.05) is 7.05 Å². The Morgan fingerprint density at radius 1 is 1.33 bits per heavy atom. The van der Waals surface area contributed by atoms with Gasteiger partial charge in [-0.1, -0.05) is 23.8 Å². The van der Waals surface area contributed by atoms with E-state index in [2.05, 4.69) is 5.32 Å². The minimum atomic E-state index is -0.275. The van der Waals surface area contributed by atoms with Crippen LogP contribution < -0.4 is 5.32 Å². The fourth-order valence-corrected chi connectivity index (χ4v) is 1.73. The standard InChI is InChI=1S/C14H17NO3/c1-9-5-6-10(2)12(7-9)13(14(17)15-4)11(3)18-8-16/h5-8H,1-4H3,(H,15,17)/b13-11+. The topological polar surface area (TPSA) is 55.4 Å². The third kappa shape index (κ3) is 2.97. The van der Waals surface area contributed by atoms with Crippen molar-refractivity contribution in [2.45, 2.75) is 20.8 Å². The van der Waals surface area contributed by atoms with E-state index >= 15 is 0 Å².